The highest BCUT2D eigenvalue weighted by atomic mass is 33.1. The lowest BCUT2D eigenvalue weighted by atomic mass is 10.3. The Hall–Kier alpha value is -2.06. The summed E-state index contributed by atoms with van der Waals surface area (Å²) in [5.41, 5.74) is 0.801. The first-order valence-electron chi connectivity index (χ1n) is 6.07. The molecule has 0 aliphatic heterocycles. The fourth-order valence-corrected chi connectivity index (χ4v) is 3.14. The van der Waals surface area contributed by atoms with Crippen molar-refractivity contribution in [2.75, 3.05) is 14.2 Å². The molecule has 6 nitrogen and oxygen atoms in total. The van der Waals surface area contributed by atoms with Crippen LogP contribution in [-0.4, -0.2) is 36.1 Å². The summed E-state index contributed by atoms with van der Waals surface area (Å²) in [4.78, 5) is 30.9. The smallest absolute Gasteiger partial charge is 0.339 e. The van der Waals surface area contributed by atoms with Gasteiger partial charge in [0.1, 0.15) is 10.1 Å². The average Bonchev–Trinajstić information content (AvgIpc) is 2.59. The summed E-state index contributed by atoms with van der Waals surface area (Å²) in [7, 11) is 5.44. The van der Waals surface area contributed by atoms with E-state index in [1.807, 2.05) is 0 Å². The Labute approximate surface area is 135 Å². The molecule has 2 aromatic rings. The van der Waals surface area contributed by atoms with Crippen LogP contribution in [-0.2, 0) is 9.47 Å². The summed E-state index contributed by atoms with van der Waals surface area (Å²) < 4.78 is 9.21. The molecule has 0 bridgehead atoms. The molecule has 0 fully saturated rings. The predicted octanol–water partition coefficient (Wildman–Crippen LogP) is 2.85. The molecular formula is C14H12N2O4S2. The summed E-state index contributed by atoms with van der Waals surface area (Å²) in [5, 5.41) is 1.47. The van der Waals surface area contributed by atoms with Gasteiger partial charge in [-0.05, 0) is 45.9 Å². The SMILES string of the molecule is COC(=O)c1ccc(SSc2ccc(C(=O)OC)cn2)nc1. The van der Waals surface area contributed by atoms with Crippen LogP contribution >= 0.6 is 21.6 Å². The fourth-order valence-electron chi connectivity index (χ4n) is 1.42. The highest BCUT2D eigenvalue weighted by molar-refractivity contribution is 8.76. The van der Waals surface area contributed by atoms with Crippen molar-refractivity contribution in [1.29, 1.82) is 0 Å². The molecule has 0 aliphatic carbocycles. The maximum atomic E-state index is 11.3. The third-order valence-electron chi connectivity index (χ3n) is 2.53. The number of esters is 2. The molecule has 2 aromatic heterocycles. The van der Waals surface area contributed by atoms with E-state index in [9.17, 15) is 9.59 Å². The molecule has 114 valence electrons. The Kier molecular flexibility index (Phi) is 5.79. The van der Waals surface area contributed by atoms with E-state index < -0.39 is 11.9 Å². The standard InChI is InChI=1S/C14H12N2O4S2/c1-19-13(17)9-3-5-11(15-7-9)21-22-12-6-4-10(8-16-12)14(18)20-2/h3-8H,1-2H3. The van der Waals surface area contributed by atoms with Gasteiger partial charge in [-0.3, -0.25) is 0 Å². The minimum atomic E-state index is -0.420. The van der Waals surface area contributed by atoms with Crippen molar-refractivity contribution < 1.29 is 19.1 Å². The molecule has 0 saturated carbocycles. The summed E-state index contributed by atoms with van der Waals surface area (Å²) in [6, 6.07) is 6.75. The molecule has 2 rings (SSSR count). The van der Waals surface area contributed by atoms with Crippen LogP contribution in [0.5, 0.6) is 0 Å². The molecule has 0 radical (unpaired) electrons. The van der Waals surface area contributed by atoms with Gasteiger partial charge in [0.2, 0.25) is 0 Å². The van der Waals surface area contributed by atoms with E-state index in [1.165, 1.54) is 48.2 Å². The van der Waals surface area contributed by atoms with Crippen molar-refractivity contribution in [3.8, 4) is 0 Å². The van der Waals surface area contributed by atoms with E-state index in [0.717, 1.165) is 10.1 Å². The Morgan fingerprint density at radius 2 is 1.23 bits per heavy atom. The summed E-state index contributed by atoms with van der Waals surface area (Å²) >= 11 is 0. The van der Waals surface area contributed by atoms with E-state index in [2.05, 4.69) is 19.4 Å². The zero-order chi connectivity index (χ0) is 15.9. The number of aromatic nitrogens is 2. The Morgan fingerprint density at radius 1 is 0.818 bits per heavy atom. The van der Waals surface area contributed by atoms with E-state index in [1.54, 1.807) is 24.3 Å². The highest BCUT2D eigenvalue weighted by Gasteiger charge is 2.08. The second-order valence-electron chi connectivity index (χ2n) is 3.92. The van der Waals surface area contributed by atoms with Crippen molar-refractivity contribution in [2.24, 2.45) is 0 Å². The van der Waals surface area contributed by atoms with Crippen LogP contribution in [0.2, 0.25) is 0 Å². The van der Waals surface area contributed by atoms with Gasteiger partial charge >= 0.3 is 11.9 Å². The van der Waals surface area contributed by atoms with E-state index in [4.69, 9.17) is 0 Å². The Bertz CT molecular complexity index is 600. The Morgan fingerprint density at radius 3 is 1.50 bits per heavy atom. The quantitative estimate of drug-likeness (QED) is 0.609. The van der Waals surface area contributed by atoms with Crippen LogP contribution in [0.3, 0.4) is 0 Å². The van der Waals surface area contributed by atoms with Crippen molar-refractivity contribution in [3.05, 3.63) is 47.8 Å². The van der Waals surface area contributed by atoms with Crippen LogP contribution < -0.4 is 0 Å². The van der Waals surface area contributed by atoms with Crippen molar-refractivity contribution in [3.63, 3.8) is 0 Å². The largest absolute Gasteiger partial charge is 0.465 e. The summed E-state index contributed by atoms with van der Waals surface area (Å²) in [6.07, 6.45) is 2.92. The fraction of sp³-hybridized carbons (Fsp3) is 0.143. The maximum absolute atomic E-state index is 11.3. The first kappa shape index (κ1) is 16.3. The molecule has 0 saturated heterocycles. The van der Waals surface area contributed by atoms with Gasteiger partial charge in [0.25, 0.3) is 0 Å². The lowest BCUT2D eigenvalue weighted by Gasteiger charge is -2.02. The first-order chi connectivity index (χ1) is 10.6. The number of ether oxygens (including phenoxy) is 2. The van der Waals surface area contributed by atoms with Crippen LogP contribution in [0.4, 0.5) is 0 Å². The number of carbonyl (C=O) groups excluding carboxylic acids is 2. The second kappa shape index (κ2) is 7.81. The van der Waals surface area contributed by atoms with E-state index >= 15 is 0 Å². The van der Waals surface area contributed by atoms with Crippen molar-refractivity contribution in [2.45, 2.75) is 10.1 Å². The molecule has 0 aliphatic rings. The van der Waals surface area contributed by atoms with Gasteiger partial charge in [-0.1, -0.05) is 0 Å². The van der Waals surface area contributed by atoms with Gasteiger partial charge in [0, 0.05) is 12.4 Å². The Balaban J connectivity index is 1.95. The van der Waals surface area contributed by atoms with Crippen LogP contribution in [0, 0.1) is 0 Å². The third kappa shape index (κ3) is 4.22. The van der Waals surface area contributed by atoms with Crippen molar-refractivity contribution in [1.82, 2.24) is 9.97 Å². The van der Waals surface area contributed by atoms with Crippen LogP contribution in [0.15, 0.2) is 46.7 Å². The normalized spacial score (nSPS) is 10.1. The lowest BCUT2D eigenvalue weighted by molar-refractivity contribution is 0.0591. The number of hydrogen-bond acceptors (Lipinski definition) is 8. The van der Waals surface area contributed by atoms with Gasteiger partial charge in [-0.25, -0.2) is 19.6 Å². The predicted molar refractivity (Wildman–Crippen MR) is 82.9 cm³/mol. The zero-order valence-electron chi connectivity index (χ0n) is 11.8. The molecule has 8 heteroatoms. The van der Waals surface area contributed by atoms with E-state index in [-0.39, 0.29) is 0 Å². The van der Waals surface area contributed by atoms with Crippen LogP contribution in [0.1, 0.15) is 20.7 Å². The molecule has 0 amide bonds. The van der Waals surface area contributed by atoms with Gasteiger partial charge in [-0.2, -0.15) is 0 Å². The van der Waals surface area contributed by atoms with Gasteiger partial charge in [0.05, 0.1) is 25.3 Å². The summed E-state index contributed by atoms with van der Waals surface area (Å²) in [5.74, 6) is -0.839. The minimum absolute atomic E-state index is 0.400. The van der Waals surface area contributed by atoms with Gasteiger partial charge < -0.3 is 9.47 Å². The summed E-state index contributed by atoms with van der Waals surface area (Å²) in [6.45, 7) is 0. The monoisotopic (exact) mass is 336 g/mol. The molecule has 2 heterocycles. The van der Waals surface area contributed by atoms with Gasteiger partial charge in [0.15, 0.2) is 0 Å². The average molecular weight is 336 g/mol. The second-order valence-corrected chi connectivity index (χ2v) is 6.09. The number of nitrogens with zero attached hydrogens (tertiary/aromatic N) is 2. The first-order valence-corrected chi connectivity index (χ1v) is 8.22. The minimum Gasteiger partial charge on any atom is -0.465 e. The number of hydrogen-bond donors (Lipinski definition) is 0. The van der Waals surface area contributed by atoms with E-state index in [0.29, 0.717) is 11.1 Å². The molecule has 0 aromatic carbocycles. The molecule has 0 unspecified atom stereocenters. The zero-order valence-corrected chi connectivity index (χ0v) is 13.4. The third-order valence-corrected chi connectivity index (χ3v) is 4.71. The number of rotatable bonds is 5. The molecule has 22 heavy (non-hydrogen) atoms. The highest BCUT2D eigenvalue weighted by Crippen LogP contribution is 2.34. The number of carbonyl (C=O) groups is 2. The lowest BCUT2D eigenvalue weighted by Crippen LogP contribution is -2.01. The topological polar surface area (TPSA) is 78.4 Å². The molecule has 0 N–H and O–H groups in total. The van der Waals surface area contributed by atoms with Crippen molar-refractivity contribution >= 4 is 33.5 Å². The molecule has 0 spiro atoms. The van der Waals surface area contributed by atoms with Gasteiger partial charge in [-0.15, -0.1) is 0 Å². The number of pyridine rings is 2. The maximum Gasteiger partial charge on any atom is 0.339 e. The molecule has 0 atom stereocenters. The van der Waals surface area contributed by atoms with Crippen LogP contribution in [0.25, 0.3) is 0 Å². The molecular weight excluding hydrogens is 324 g/mol. The number of methoxy groups -OCH3 is 2.